The molecule has 10 heteroatoms. The summed E-state index contributed by atoms with van der Waals surface area (Å²) < 4.78 is 1.64. The van der Waals surface area contributed by atoms with Gasteiger partial charge in [-0.25, -0.2) is 9.97 Å². The van der Waals surface area contributed by atoms with Gasteiger partial charge in [-0.05, 0) is 38.1 Å². The second-order valence-corrected chi connectivity index (χ2v) is 8.74. The second-order valence-electron chi connectivity index (χ2n) is 8.74. The van der Waals surface area contributed by atoms with Crippen molar-refractivity contribution >= 4 is 28.4 Å². The highest BCUT2D eigenvalue weighted by atomic mass is 16.1. The second kappa shape index (κ2) is 9.14. The first-order valence-corrected chi connectivity index (χ1v) is 11.4. The Morgan fingerprint density at radius 1 is 1.03 bits per heavy atom. The first-order valence-electron chi connectivity index (χ1n) is 11.4. The largest absolute Gasteiger partial charge is 0.354 e. The minimum Gasteiger partial charge on any atom is -0.354 e. The van der Waals surface area contributed by atoms with Gasteiger partial charge in [0.15, 0.2) is 0 Å². The lowest BCUT2D eigenvalue weighted by Crippen LogP contribution is -2.49. The average Bonchev–Trinajstić information content (AvgIpc) is 3.30. The van der Waals surface area contributed by atoms with E-state index in [1.165, 1.54) is 0 Å². The summed E-state index contributed by atoms with van der Waals surface area (Å²) in [6, 6.07) is 7.87. The van der Waals surface area contributed by atoms with Crippen molar-refractivity contribution < 1.29 is 4.79 Å². The number of hydrogen-bond donors (Lipinski definition) is 1. The molecule has 1 fully saturated rings. The fraction of sp³-hybridized carbons (Fsp3) is 0.333. The third kappa shape index (κ3) is 4.58. The van der Waals surface area contributed by atoms with Crippen LogP contribution in [0.1, 0.15) is 24.2 Å². The summed E-state index contributed by atoms with van der Waals surface area (Å²) in [7, 11) is 1.82. The van der Waals surface area contributed by atoms with E-state index in [1.807, 2.05) is 31.4 Å². The zero-order valence-corrected chi connectivity index (χ0v) is 19.5. The van der Waals surface area contributed by atoms with Crippen LogP contribution in [0.4, 0.5) is 11.6 Å². The Hall–Kier alpha value is -3.92. The Labute approximate surface area is 197 Å². The maximum absolute atomic E-state index is 13.0. The van der Waals surface area contributed by atoms with Crippen LogP contribution in [0.2, 0.25) is 0 Å². The number of carbonyl (C=O) groups is 1. The first kappa shape index (κ1) is 21.9. The third-order valence-electron chi connectivity index (χ3n) is 6.08. The van der Waals surface area contributed by atoms with E-state index in [9.17, 15) is 4.79 Å². The summed E-state index contributed by atoms with van der Waals surface area (Å²) in [5, 5.41) is 11.9. The van der Waals surface area contributed by atoms with E-state index in [0.717, 1.165) is 54.2 Å². The average molecular weight is 458 g/mol. The van der Waals surface area contributed by atoms with E-state index in [0.29, 0.717) is 17.4 Å². The number of pyridine rings is 3. The van der Waals surface area contributed by atoms with Gasteiger partial charge in [0, 0.05) is 68.2 Å². The van der Waals surface area contributed by atoms with E-state index in [4.69, 9.17) is 0 Å². The molecule has 0 unspecified atom stereocenters. The molecule has 1 amide bonds. The number of carbonyl (C=O) groups excluding carboxylic acids is 1. The Morgan fingerprint density at radius 2 is 1.85 bits per heavy atom. The van der Waals surface area contributed by atoms with Gasteiger partial charge in [0.05, 0.1) is 17.9 Å². The number of amides is 1. The normalized spacial score (nSPS) is 14.6. The maximum atomic E-state index is 13.0. The highest BCUT2D eigenvalue weighted by molar-refractivity contribution is 6.04. The predicted octanol–water partition coefficient (Wildman–Crippen LogP) is 2.60. The molecule has 0 aliphatic carbocycles. The first-order chi connectivity index (χ1) is 16.5. The van der Waals surface area contributed by atoms with E-state index in [2.05, 4.69) is 54.2 Å². The number of aryl methyl sites for hydroxylation is 1. The zero-order chi connectivity index (χ0) is 23.7. The van der Waals surface area contributed by atoms with Crippen LogP contribution in [0.25, 0.3) is 22.2 Å². The van der Waals surface area contributed by atoms with Crippen molar-refractivity contribution in [3.05, 3.63) is 54.6 Å². The van der Waals surface area contributed by atoms with Gasteiger partial charge in [0.2, 0.25) is 0 Å². The summed E-state index contributed by atoms with van der Waals surface area (Å²) in [6.07, 6.45) is 6.91. The molecule has 34 heavy (non-hydrogen) atoms. The van der Waals surface area contributed by atoms with Crippen LogP contribution in [-0.4, -0.2) is 73.0 Å². The lowest BCUT2D eigenvalue weighted by atomic mass is 10.1. The number of rotatable bonds is 5. The van der Waals surface area contributed by atoms with Gasteiger partial charge in [0.25, 0.3) is 5.91 Å². The van der Waals surface area contributed by atoms with Gasteiger partial charge in [0.1, 0.15) is 17.3 Å². The highest BCUT2D eigenvalue weighted by Crippen LogP contribution is 2.23. The number of hydrogen-bond acceptors (Lipinski definition) is 8. The summed E-state index contributed by atoms with van der Waals surface area (Å²) in [6.45, 7) is 8.19. The van der Waals surface area contributed by atoms with E-state index >= 15 is 0 Å². The lowest BCUT2D eigenvalue weighted by molar-refractivity contribution is 0.102. The fourth-order valence-corrected chi connectivity index (χ4v) is 4.11. The quantitative estimate of drug-likeness (QED) is 0.488. The minimum absolute atomic E-state index is 0.227. The van der Waals surface area contributed by atoms with Crippen molar-refractivity contribution in [2.24, 2.45) is 7.05 Å². The van der Waals surface area contributed by atoms with Gasteiger partial charge in [-0.2, -0.15) is 0 Å². The Balaban J connectivity index is 1.32. The Kier molecular flexibility index (Phi) is 5.89. The third-order valence-corrected chi connectivity index (χ3v) is 6.08. The molecular weight excluding hydrogens is 430 g/mol. The highest BCUT2D eigenvalue weighted by Gasteiger charge is 2.20. The molecular formula is C24H27N9O. The number of piperazine rings is 1. The number of fused-ring (bicyclic) bond motifs is 1. The predicted molar refractivity (Wildman–Crippen MR) is 131 cm³/mol. The van der Waals surface area contributed by atoms with Crippen molar-refractivity contribution in [2.45, 2.75) is 19.9 Å². The van der Waals surface area contributed by atoms with Gasteiger partial charge in [-0.1, -0.05) is 5.21 Å². The maximum Gasteiger partial charge on any atom is 0.257 e. The molecule has 5 rings (SSSR count). The lowest BCUT2D eigenvalue weighted by Gasteiger charge is -2.37. The van der Waals surface area contributed by atoms with Crippen LogP contribution in [0.5, 0.6) is 0 Å². The monoisotopic (exact) mass is 457 g/mol. The molecule has 0 bridgehead atoms. The fourth-order valence-electron chi connectivity index (χ4n) is 4.11. The number of nitrogens with one attached hydrogen (secondary N) is 1. The van der Waals surface area contributed by atoms with Crippen LogP contribution < -0.4 is 10.2 Å². The van der Waals surface area contributed by atoms with Gasteiger partial charge in [-0.15, -0.1) is 5.10 Å². The number of aromatic nitrogens is 6. The molecule has 0 aromatic carbocycles. The van der Waals surface area contributed by atoms with Crippen LogP contribution in [0.15, 0.2) is 49.1 Å². The van der Waals surface area contributed by atoms with Crippen molar-refractivity contribution in [1.82, 2.24) is 34.8 Å². The van der Waals surface area contributed by atoms with Gasteiger partial charge in [-0.3, -0.25) is 19.4 Å². The number of anilines is 2. The summed E-state index contributed by atoms with van der Waals surface area (Å²) in [5.41, 5.74) is 2.86. The van der Waals surface area contributed by atoms with Crippen molar-refractivity contribution in [1.29, 1.82) is 0 Å². The van der Waals surface area contributed by atoms with E-state index < -0.39 is 0 Å². The Bertz CT molecular complexity index is 1330. The van der Waals surface area contributed by atoms with Crippen molar-refractivity contribution in [3.8, 4) is 11.3 Å². The molecule has 4 aromatic heterocycles. The molecule has 0 atom stereocenters. The smallest absolute Gasteiger partial charge is 0.257 e. The summed E-state index contributed by atoms with van der Waals surface area (Å²) in [5.74, 6) is 1.05. The molecule has 10 nitrogen and oxygen atoms in total. The van der Waals surface area contributed by atoms with E-state index in [1.54, 1.807) is 29.3 Å². The van der Waals surface area contributed by atoms with Crippen LogP contribution in [0.3, 0.4) is 0 Å². The van der Waals surface area contributed by atoms with Gasteiger partial charge >= 0.3 is 0 Å². The molecule has 4 aromatic rings. The molecule has 0 saturated carbocycles. The minimum atomic E-state index is -0.227. The molecule has 1 N–H and O–H groups in total. The SMILES string of the molecule is CC(C)N1CCN(c2cc(C(=O)Nc3cc4cc(-c5cn(C)nn5)cnc4cn3)ccn2)CC1. The van der Waals surface area contributed by atoms with Gasteiger partial charge < -0.3 is 10.2 Å². The van der Waals surface area contributed by atoms with Crippen molar-refractivity contribution in [2.75, 3.05) is 36.4 Å². The van der Waals surface area contributed by atoms with Crippen molar-refractivity contribution in [3.63, 3.8) is 0 Å². The molecule has 0 spiro atoms. The number of nitrogens with zero attached hydrogens (tertiary/aromatic N) is 8. The molecule has 5 heterocycles. The van der Waals surface area contributed by atoms with Crippen LogP contribution >= 0.6 is 0 Å². The zero-order valence-electron chi connectivity index (χ0n) is 19.5. The van der Waals surface area contributed by atoms with Crippen LogP contribution in [-0.2, 0) is 7.05 Å². The summed E-state index contributed by atoms with van der Waals surface area (Å²) >= 11 is 0. The molecule has 1 saturated heterocycles. The molecule has 1 aliphatic heterocycles. The van der Waals surface area contributed by atoms with E-state index in [-0.39, 0.29) is 5.91 Å². The standard InChI is InChI=1S/C24H27N9O/c1-16(2)32-6-8-33(9-7-32)23-12-17(4-5-25-23)24(34)28-22-11-18-10-19(13-26-20(18)14-27-22)21-15-31(3)30-29-21/h4-5,10-16H,6-9H2,1-3H3,(H,27,28,34). The molecule has 1 aliphatic rings. The Morgan fingerprint density at radius 3 is 2.59 bits per heavy atom. The summed E-state index contributed by atoms with van der Waals surface area (Å²) in [4.78, 5) is 31.0. The molecule has 174 valence electrons. The molecule has 0 radical (unpaired) electrons. The van der Waals surface area contributed by atoms with Crippen LogP contribution in [0, 0.1) is 0 Å². The topological polar surface area (TPSA) is 105 Å².